The van der Waals surface area contributed by atoms with Crippen LogP contribution in [0.1, 0.15) is 17.0 Å². The molecule has 0 aliphatic heterocycles. The molecule has 4 rings (SSSR count). The second-order valence-corrected chi connectivity index (χ2v) is 8.65. The third kappa shape index (κ3) is 4.59. The Hall–Kier alpha value is -2.59. The number of nitrogens with zero attached hydrogens (tertiary/aromatic N) is 2. The predicted molar refractivity (Wildman–Crippen MR) is 127 cm³/mol. The maximum atomic E-state index is 9.65. The first kappa shape index (κ1) is 20.7. The smallest absolute Gasteiger partial charge is 0.149 e. The molecule has 0 unspecified atom stereocenters. The van der Waals surface area contributed by atoms with E-state index in [0.717, 1.165) is 31.1 Å². The molecule has 148 valence electrons. The number of para-hydroxylation sites is 2. The van der Waals surface area contributed by atoms with Crippen LogP contribution in [0.4, 0.5) is 0 Å². The molecule has 30 heavy (non-hydrogen) atoms. The van der Waals surface area contributed by atoms with Gasteiger partial charge in [-0.25, -0.2) is 4.98 Å². The molecule has 3 aromatic carbocycles. The summed E-state index contributed by atoms with van der Waals surface area (Å²) in [6.45, 7) is 0.409. The first-order valence-corrected chi connectivity index (χ1v) is 10.9. The molecular formula is C23H14Br2ClN3O. The fraction of sp³-hybridized carbons (Fsp3) is 0.0435. The zero-order chi connectivity index (χ0) is 21.1. The van der Waals surface area contributed by atoms with Gasteiger partial charge in [-0.2, -0.15) is 5.26 Å². The average Bonchev–Trinajstić information content (AvgIpc) is 3.16. The van der Waals surface area contributed by atoms with Gasteiger partial charge in [-0.1, -0.05) is 35.9 Å². The van der Waals surface area contributed by atoms with Crippen molar-refractivity contribution in [2.24, 2.45) is 0 Å². The lowest BCUT2D eigenvalue weighted by molar-refractivity contribution is 0.302. The summed E-state index contributed by atoms with van der Waals surface area (Å²) in [6, 6.07) is 21.2. The molecular weight excluding hydrogens is 530 g/mol. The highest BCUT2D eigenvalue weighted by molar-refractivity contribution is 9.11. The Bertz CT molecular complexity index is 1230. The lowest BCUT2D eigenvalue weighted by atomic mass is 10.1. The van der Waals surface area contributed by atoms with Crippen molar-refractivity contribution >= 4 is 66.1 Å². The van der Waals surface area contributed by atoms with E-state index in [1.165, 1.54) is 0 Å². The number of nitriles is 1. The number of nitrogens with one attached hydrogen (secondary N) is 1. The quantitative estimate of drug-likeness (QED) is 0.267. The number of benzene rings is 3. The van der Waals surface area contributed by atoms with Crippen molar-refractivity contribution in [2.75, 3.05) is 0 Å². The number of fused-ring (bicyclic) bond motifs is 1. The molecule has 0 saturated heterocycles. The van der Waals surface area contributed by atoms with Crippen LogP contribution in [0.2, 0.25) is 5.02 Å². The number of H-pyrrole nitrogens is 1. The summed E-state index contributed by atoms with van der Waals surface area (Å²) >= 11 is 13.1. The van der Waals surface area contributed by atoms with Crippen LogP contribution in [0.5, 0.6) is 5.75 Å². The summed E-state index contributed by atoms with van der Waals surface area (Å²) in [4.78, 5) is 7.70. The van der Waals surface area contributed by atoms with E-state index in [9.17, 15) is 5.26 Å². The summed E-state index contributed by atoms with van der Waals surface area (Å²) in [5.74, 6) is 1.22. The van der Waals surface area contributed by atoms with Crippen LogP contribution in [0.15, 0.2) is 69.6 Å². The first-order valence-electron chi connectivity index (χ1n) is 8.96. The van der Waals surface area contributed by atoms with Gasteiger partial charge in [-0.05, 0) is 85.5 Å². The van der Waals surface area contributed by atoms with E-state index in [0.29, 0.717) is 28.8 Å². The maximum absolute atomic E-state index is 9.65. The van der Waals surface area contributed by atoms with Crippen LogP contribution < -0.4 is 4.74 Å². The summed E-state index contributed by atoms with van der Waals surface area (Å²) in [5, 5.41) is 10.3. The largest absolute Gasteiger partial charge is 0.487 e. The maximum Gasteiger partial charge on any atom is 0.149 e. The van der Waals surface area contributed by atoms with E-state index in [1.54, 1.807) is 6.08 Å². The number of imidazole rings is 1. The van der Waals surface area contributed by atoms with Crippen molar-refractivity contribution < 1.29 is 4.74 Å². The van der Waals surface area contributed by atoms with Crippen LogP contribution >= 0.6 is 43.5 Å². The van der Waals surface area contributed by atoms with Gasteiger partial charge >= 0.3 is 0 Å². The fourth-order valence-electron chi connectivity index (χ4n) is 2.94. The van der Waals surface area contributed by atoms with Crippen molar-refractivity contribution in [1.29, 1.82) is 5.26 Å². The van der Waals surface area contributed by atoms with Crippen molar-refractivity contribution in [3.05, 3.63) is 91.6 Å². The third-order valence-corrected chi connectivity index (χ3v) is 5.82. The number of ether oxygens (including phenoxy) is 1. The molecule has 0 saturated carbocycles. The lowest BCUT2D eigenvalue weighted by Crippen LogP contribution is -1.97. The summed E-state index contributed by atoms with van der Waals surface area (Å²) in [7, 11) is 0. The Morgan fingerprint density at radius 2 is 1.80 bits per heavy atom. The molecule has 1 aromatic heterocycles. The van der Waals surface area contributed by atoms with E-state index in [2.05, 4.69) is 47.9 Å². The number of halogens is 3. The van der Waals surface area contributed by atoms with Crippen LogP contribution in [-0.4, -0.2) is 9.97 Å². The van der Waals surface area contributed by atoms with E-state index in [1.807, 2.05) is 60.7 Å². The normalized spacial score (nSPS) is 11.5. The number of rotatable bonds is 5. The van der Waals surface area contributed by atoms with Crippen LogP contribution in [-0.2, 0) is 6.61 Å². The topological polar surface area (TPSA) is 61.7 Å². The minimum atomic E-state index is 0.409. The Kier molecular flexibility index (Phi) is 6.24. The zero-order valence-electron chi connectivity index (χ0n) is 15.5. The van der Waals surface area contributed by atoms with Gasteiger partial charge in [0.1, 0.15) is 24.3 Å². The third-order valence-electron chi connectivity index (χ3n) is 4.39. The van der Waals surface area contributed by atoms with Gasteiger partial charge in [0.05, 0.1) is 25.6 Å². The van der Waals surface area contributed by atoms with Gasteiger partial charge in [0.25, 0.3) is 0 Å². The van der Waals surface area contributed by atoms with Gasteiger partial charge in [-0.3, -0.25) is 0 Å². The molecule has 0 amide bonds. The first-order chi connectivity index (χ1) is 14.5. The van der Waals surface area contributed by atoms with Gasteiger partial charge in [0.2, 0.25) is 0 Å². The Morgan fingerprint density at radius 3 is 2.47 bits per heavy atom. The molecule has 4 aromatic rings. The number of hydrogen-bond donors (Lipinski definition) is 1. The number of aromatic amines is 1. The second-order valence-electron chi connectivity index (χ2n) is 6.50. The highest BCUT2D eigenvalue weighted by Gasteiger charge is 2.12. The second kappa shape index (κ2) is 9.05. The predicted octanol–water partition coefficient (Wildman–Crippen LogP) is 7.38. The molecule has 0 fully saturated rings. The van der Waals surface area contributed by atoms with E-state index in [4.69, 9.17) is 16.3 Å². The minimum absolute atomic E-state index is 0.409. The number of aromatic nitrogens is 2. The zero-order valence-corrected chi connectivity index (χ0v) is 19.4. The number of hydrogen-bond acceptors (Lipinski definition) is 3. The molecule has 4 nitrogen and oxygen atoms in total. The van der Waals surface area contributed by atoms with Crippen LogP contribution in [0.25, 0.3) is 22.7 Å². The SMILES string of the molecule is N#C/C(=C\c1cc(Br)c(OCc2ccc(Cl)cc2)c(Br)c1)c1nc2ccccc2[nH]1. The molecule has 7 heteroatoms. The molecule has 0 aliphatic carbocycles. The molecule has 1 N–H and O–H groups in total. The standard InChI is InChI=1S/C23H14Br2ClN3O/c24-18-10-15(9-16(12-27)23-28-20-3-1-2-4-21(20)29-23)11-19(25)22(18)30-13-14-5-7-17(26)8-6-14/h1-11H,13H2,(H,28,29)/b16-9+. The Balaban J connectivity index is 1.59. The van der Waals surface area contributed by atoms with E-state index in [-0.39, 0.29) is 0 Å². The van der Waals surface area contributed by atoms with Crippen molar-refractivity contribution in [1.82, 2.24) is 9.97 Å². The molecule has 0 atom stereocenters. The van der Waals surface area contributed by atoms with E-state index < -0.39 is 0 Å². The van der Waals surface area contributed by atoms with Crippen molar-refractivity contribution in [2.45, 2.75) is 6.61 Å². The lowest BCUT2D eigenvalue weighted by Gasteiger charge is -2.12. The molecule has 0 aliphatic rings. The van der Waals surface area contributed by atoms with Crippen LogP contribution in [0.3, 0.4) is 0 Å². The molecule has 0 radical (unpaired) electrons. The number of allylic oxidation sites excluding steroid dienone is 1. The average molecular weight is 544 g/mol. The van der Waals surface area contributed by atoms with Gasteiger partial charge in [0.15, 0.2) is 0 Å². The van der Waals surface area contributed by atoms with Gasteiger partial charge < -0.3 is 9.72 Å². The molecule has 1 heterocycles. The fourth-order valence-corrected chi connectivity index (χ4v) is 4.51. The Labute approximate surface area is 195 Å². The monoisotopic (exact) mass is 541 g/mol. The summed E-state index contributed by atoms with van der Waals surface area (Å²) in [5.41, 5.74) is 4.01. The highest BCUT2D eigenvalue weighted by Crippen LogP contribution is 2.36. The van der Waals surface area contributed by atoms with Crippen molar-refractivity contribution in [3.63, 3.8) is 0 Å². The van der Waals surface area contributed by atoms with Gasteiger partial charge in [-0.15, -0.1) is 0 Å². The summed E-state index contributed by atoms with van der Waals surface area (Å²) in [6.07, 6.45) is 1.79. The van der Waals surface area contributed by atoms with Crippen LogP contribution in [0, 0.1) is 11.3 Å². The minimum Gasteiger partial charge on any atom is -0.487 e. The molecule has 0 spiro atoms. The molecule has 0 bridgehead atoms. The van der Waals surface area contributed by atoms with Crippen molar-refractivity contribution in [3.8, 4) is 11.8 Å². The van der Waals surface area contributed by atoms with E-state index >= 15 is 0 Å². The van der Waals surface area contributed by atoms with Gasteiger partial charge in [0, 0.05) is 5.02 Å². The Morgan fingerprint density at radius 1 is 1.10 bits per heavy atom. The highest BCUT2D eigenvalue weighted by atomic mass is 79.9. The summed E-state index contributed by atoms with van der Waals surface area (Å²) < 4.78 is 7.52.